The molecule has 1 aromatic carbocycles. The van der Waals surface area contributed by atoms with Gasteiger partial charge in [-0.25, -0.2) is 4.98 Å². The van der Waals surface area contributed by atoms with Crippen LogP contribution in [-0.2, 0) is 0 Å². The van der Waals surface area contributed by atoms with Crippen molar-refractivity contribution in [1.29, 1.82) is 0 Å². The number of pyridine rings is 1. The molecule has 2 fully saturated rings. The molecule has 0 amide bonds. The van der Waals surface area contributed by atoms with Crippen LogP contribution in [0, 0.1) is 0 Å². The zero-order chi connectivity index (χ0) is 13.5. The summed E-state index contributed by atoms with van der Waals surface area (Å²) in [5.41, 5.74) is 3.52. The summed E-state index contributed by atoms with van der Waals surface area (Å²) >= 11 is 6.29. The fourth-order valence-corrected chi connectivity index (χ4v) is 3.89. The SMILES string of the molecule is Clc1ncc(C2CC3CCC2N3)cc1-c1ccccc1. The molecule has 0 radical (unpaired) electrons. The molecule has 3 heterocycles. The quantitative estimate of drug-likeness (QED) is 0.843. The first-order chi connectivity index (χ1) is 9.81. The molecule has 2 bridgehead atoms. The van der Waals surface area contributed by atoms with Gasteiger partial charge < -0.3 is 5.32 Å². The Bertz CT molecular complexity index is 626. The van der Waals surface area contributed by atoms with Crippen LogP contribution in [0.1, 0.15) is 30.7 Å². The second-order valence-electron chi connectivity index (χ2n) is 5.86. The van der Waals surface area contributed by atoms with Crippen LogP contribution in [0.4, 0.5) is 0 Å². The monoisotopic (exact) mass is 284 g/mol. The second-order valence-corrected chi connectivity index (χ2v) is 6.22. The van der Waals surface area contributed by atoms with E-state index in [1.165, 1.54) is 24.8 Å². The Morgan fingerprint density at radius 3 is 2.70 bits per heavy atom. The Labute approximate surface area is 124 Å². The number of rotatable bonds is 2. The van der Waals surface area contributed by atoms with Crippen LogP contribution in [-0.4, -0.2) is 17.1 Å². The Kier molecular flexibility index (Phi) is 3.01. The lowest BCUT2D eigenvalue weighted by molar-refractivity contribution is 0.505. The molecular weight excluding hydrogens is 268 g/mol. The fraction of sp³-hybridized carbons (Fsp3) is 0.353. The molecule has 102 valence electrons. The minimum Gasteiger partial charge on any atom is -0.311 e. The third-order valence-corrected chi connectivity index (χ3v) is 4.97. The van der Waals surface area contributed by atoms with E-state index in [1.54, 1.807) is 0 Å². The predicted octanol–water partition coefficient (Wildman–Crippen LogP) is 4.01. The van der Waals surface area contributed by atoms with Gasteiger partial charge in [-0.1, -0.05) is 41.9 Å². The molecule has 2 aliphatic heterocycles. The smallest absolute Gasteiger partial charge is 0.136 e. The number of nitrogens with one attached hydrogen (secondary N) is 1. The van der Waals surface area contributed by atoms with Gasteiger partial charge in [-0.05, 0) is 36.5 Å². The van der Waals surface area contributed by atoms with Crippen molar-refractivity contribution in [2.45, 2.75) is 37.3 Å². The number of benzene rings is 1. The van der Waals surface area contributed by atoms with Crippen LogP contribution in [0.15, 0.2) is 42.6 Å². The summed E-state index contributed by atoms with van der Waals surface area (Å²) in [7, 11) is 0. The van der Waals surface area contributed by atoms with Gasteiger partial charge in [0.05, 0.1) is 0 Å². The van der Waals surface area contributed by atoms with E-state index in [2.05, 4.69) is 28.5 Å². The van der Waals surface area contributed by atoms with E-state index in [9.17, 15) is 0 Å². The molecule has 3 unspecified atom stereocenters. The molecule has 2 nitrogen and oxygen atoms in total. The van der Waals surface area contributed by atoms with E-state index in [1.807, 2.05) is 24.4 Å². The van der Waals surface area contributed by atoms with Crippen LogP contribution in [0.2, 0.25) is 5.15 Å². The molecular formula is C17H17ClN2. The van der Waals surface area contributed by atoms with Crippen molar-refractivity contribution in [3.05, 3.63) is 53.3 Å². The van der Waals surface area contributed by atoms with Gasteiger partial charge in [0.15, 0.2) is 0 Å². The van der Waals surface area contributed by atoms with Gasteiger partial charge in [0.1, 0.15) is 5.15 Å². The van der Waals surface area contributed by atoms with Gasteiger partial charge in [0.2, 0.25) is 0 Å². The van der Waals surface area contributed by atoms with E-state index in [0.29, 0.717) is 23.2 Å². The highest BCUT2D eigenvalue weighted by Crippen LogP contribution is 2.41. The largest absolute Gasteiger partial charge is 0.311 e. The highest BCUT2D eigenvalue weighted by molar-refractivity contribution is 6.32. The summed E-state index contributed by atoms with van der Waals surface area (Å²) in [6.07, 6.45) is 5.82. The first-order valence-electron chi connectivity index (χ1n) is 7.28. The summed E-state index contributed by atoms with van der Waals surface area (Å²) < 4.78 is 0. The molecule has 4 rings (SSSR count). The summed E-state index contributed by atoms with van der Waals surface area (Å²) in [5, 5.41) is 4.28. The molecule has 1 N–H and O–H groups in total. The van der Waals surface area contributed by atoms with Crippen molar-refractivity contribution in [2.24, 2.45) is 0 Å². The number of halogens is 1. The van der Waals surface area contributed by atoms with Crippen molar-refractivity contribution in [3.8, 4) is 11.1 Å². The zero-order valence-corrected chi connectivity index (χ0v) is 12.0. The Morgan fingerprint density at radius 1 is 1.15 bits per heavy atom. The molecule has 0 aliphatic carbocycles. The van der Waals surface area contributed by atoms with E-state index >= 15 is 0 Å². The molecule has 1 aromatic heterocycles. The van der Waals surface area contributed by atoms with Crippen molar-refractivity contribution in [3.63, 3.8) is 0 Å². The fourth-order valence-electron chi connectivity index (χ4n) is 3.68. The van der Waals surface area contributed by atoms with Crippen molar-refractivity contribution < 1.29 is 0 Å². The maximum Gasteiger partial charge on any atom is 0.136 e. The number of hydrogen-bond acceptors (Lipinski definition) is 2. The van der Waals surface area contributed by atoms with E-state index in [0.717, 1.165) is 11.1 Å². The van der Waals surface area contributed by atoms with E-state index in [4.69, 9.17) is 11.6 Å². The maximum absolute atomic E-state index is 6.29. The summed E-state index contributed by atoms with van der Waals surface area (Å²) in [5.74, 6) is 0.598. The Morgan fingerprint density at radius 2 is 2.00 bits per heavy atom. The Hall–Kier alpha value is -1.38. The van der Waals surface area contributed by atoms with Gasteiger partial charge in [-0.15, -0.1) is 0 Å². The van der Waals surface area contributed by atoms with E-state index < -0.39 is 0 Å². The Balaban J connectivity index is 1.72. The molecule has 2 aromatic rings. The minimum absolute atomic E-state index is 0.594. The molecule has 3 heteroatoms. The number of hydrogen-bond donors (Lipinski definition) is 1. The topological polar surface area (TPSA) is 24.9 Å². The molecule has 2 aliphatic rings. The van der Waals surface area contributed by atoms with Crippen LogP contribution in [0.25, 0.3) is 11.1 Å². The molecule has 2 saturated heterocycles. The van der Waals surface area contributed by atoms with Gasteiger partial charge >= 0.3 is 0 Å². The van der Waals surface area contributed by atoms with Crippen LogP contribution in [0.5, 0.6) is 0 Å². The van der Waals surface area contributed by atoms with Gasteiger partial charge in [0.25, 0.3) is 0 Å². The predicted molar refractivity (Wildman–Crippen MR) is 82.0 cm³/mol. The van der Waals surface area contributed by atoms with Gasteiger partial charge in [-0.2, -0.15) is 0 Å². The normalized spacial score (nSPS) is 27.9. The highest BCUT2D eigenvalue weighted by atomic mass is 35.5. The van der Waals surface area contributed by atoms with Gasteiger partial charge in [-0.3, -0.25) is 0 Å². The molecule has 3 atom stereocenters. The zero-order valence-electron chi connectivity index (χ0n) is 11.2. The molecule has 0 saturated carbocycles. The third-order valence-electron chi connectivity index (χ3n) is 4.67. The van der Waals surface area contributed by atoms with E-state index in [-0.39, 0.29) is 0 Å². The third kappa shape index (κ3) is 2.04. The molecule has 20 heavy (non-hydrogen) atoms. The molecule has 0 spiro atoms. The maximum atomic E-state index is 6.29. The first kappa shape index (κ1) is 12.4. The average molecular weight is 285 g/mol. The standard InChI is InChI=1S/C17H17ClN2/c18-17-15(11-4-2-1-3-5-11)8-12(10-19-17)14-9-13-6-7-16(14)20-13/h1-5,8,10,13-14,16,20H,6-7,9H2. The number of aromatic nitrogens is 1. The lowest BCUT2D eigenvalue weighted by atomic mass is 9.84. The summed E-state index contributed by atoms with van der Waals surface area (Å²) in [6, 6.07) is 13.9. The highest BCUT2D eigenvalue weighted by Gasteiger charge is 2.39. The lowest BCUT2D eigenvalue weighted by Crippen LogP contribution is -2.21. The van der Waals surface area contributed by atoms with Crippen LogP contribution >= 0.6 is 11.6 Å². The summed E-state index contributed by atoms with van der Waals surface area (Å²) in [4.78, 5) is 4.42. The van der Waals surface area contributed by atoms with Gasteiger partial charge in [0, 0.05) is 29.8 Å². The summed E-state index contributed by atoms with van der Waals surface area (Å²) in [6.45, 7) is 0. The van der Waals surface area contributed by atoms with Crippen LogP contribution in [0.3, 0.4) is 0 Å². The lowest BCUT2D eigenvalue weighted by Gasteiger charge is -2.21. The van der Waals surface area contributed by atoms with Crippen molar-refractivity contribution >= 4 is 11.6 Å². The number of nitrogens with zero attached hydrogens (tertiary/aromatic N) is 1. The van der Waals surface area contributed by atoms with Crippen molar-refractivity contribution in [2.75, 3.05) is 0 Å². The minimum atomic E-state index is 0.594. The number of fused-ring (bicyclic) bond motifs is 2. The van der Waals surface area contributed by atoms with Crippen molar-refractivity contribution in [1.82, 2.24) is 10.3 Å². The van der Waals surface area contributed by atoms with Crippen LogP contribution < -0.4 is 5.32 Å². The first-order valence-corrected chi connectivity index (χ1v) is 7.66. The average Bonchev–Trinajstić information content (AvgIpc) is 3.11. The second kappa shape index (κ2) is 4.87.